The van der Waals surface area contributed by atoms with Crippen molar-refractivity contribution in [3.63, 3.8) is 0 Å². The van der Waals surface area contributed by atoms with E-state index < -0.39 is 0 Å². The normalized spacial score (nSPS) is 10.1. The first-order chi connectivity index (χ1) is 9.74. The number of carbonyl (C=O) groups is 1. The molecule has 0 bridgehead atoms. The van der Waals surface area contributed by atoms with Gasteiger partial charge in [0.25, 0.3) is 0 Å². The van der Waals surface area contributed by atoms with Crippen LogP contribution in [0.15, 0.2) is 48.5 Å². The molecule has 3 nitrogen and oxygen atoms in total. The predicted molar refractivity (Wildman–Crippen MR) is 77.9 cm³/mol. The maximum atomic E-state index is 12.0. The molecule has 104 valence electrons. The second-order valence-electron chi connectivity index (χ2n) is 4.44. The second kappa shape index (κ2) is 6.75. The number of hydrogen-bond acceptors (Lipinski definition) is 3. The summed E-state index contributed by atoms with van der Waals surface area (Å²) in [5.41, 5.74) is 2.62. The summed E-state index contributed by atoms with van der Waals surface area (Å²) in [6, 6.07) is 15.0. The second-order valence-corrected chi connectivity index (χ2v) is 4.44. The number of carbonyl (C=O) groups excluding carboxylic acids is 1. The van der Waals surface area contributed by atoms with E-state index in [0.29, 0.717) is 5.56 Å². The van der Waals surface area contributed by atoms with E-state index in [1.165, 1.54) is 5.56 Å². The SMILES string of the molecule is CCc1ccc(C(=O)OCc2ccccc2OC)cc1. The van der Waals surface area contributed by atoms with Crippen LogP contribution in [0.2, 0.25) is 0 Å². The lowest BCUT2D eigenvalue weighted by Crippen LogP contribution is -2.06. The highest BCUT2D eigenvalue weighted by atomic mass is 16.5. The maximum absolute atomic E-state index is 12.0. The fourth-order valence-corrected chi connectivity index (χ4v) is 1.93. The van der Waals surface area contributed by atoms with E-state index in [1.54, 1.807) is 19.2 Å². The predicted octanol–water partition coefficient (Wildman–Crippen LogP) is 3.61. The van der Waals surface area contributed by atoms with Crippen LogP contribution in [-0.2, 0) is 17.8 Å². The highest BCUT2D eigenvalue weighted by Gasteiger charge is 2.09. The van der Waals surface area contributed by atoms with Gasteiger partial charge in [-0.1, -0.05) is 37.3 Å². The number of rotatable bonds is 5. The molecule has 0 aliphatic rings. The first-order valence-electron chi connectivity index (χ1n) is 6.62. The highest BCUT2D eigenvalue weighted by Crippen LogP contribution is 2.18. The third-order valence-electron chi connectivity index (χ3n) is 3.15. The molecule has 0 saturated carbocycles. The van der Waals surface area contributed by atoms with Gasteiger partial charge in [-0.3, -0.25) is 0 Å². The number of esters is 1. The summed E-state index contributed by atoms with van der Waals surface area (Å²) in [6.45, 7) is 2.29. The summed E-state index contributed by atoms with van der Waals surface area (Å²) < 4.78 is 10.5. The third-order valence-corrected chi connectivity index (χ3v) is 3.15. The smallest absolute Gasteiger partial charge is 0.338 e. The Morgan fingerprint density at radius 3 is 2.40 bits per heavy atom. The van der Waals surface area contributed by atoms with Gasteiger partial charge >= 0.3 is 5.97 Å². The maximum Gasteiger partial charge on any atom is 0.338 e. The Morgan fingerprint density at radius 2 is 1.75 bits per heavy atom. The van der Waals surface area contributed by atoms with Gasteiger partial charge in [0.1, 0.15) is 12.4 Å². The zero-order valence-corrected chi connectivity index (χ0v) is 11.8. The van der Waals surface area contributed by atoms with E-state index in [2.05, 4.69) is 6.92 Å². The molecule has 2 aromatic rings. The van der Waals surface area contributed by atoms with E-state index in [0.717, 1.165) is 17.7 Å². The molecular weight excluding hydrogens is 252 g/mol. The Hall–Kier alpha value is -2.29. The minimum Gasteiger partial charge on any atom is -0.496 e. The summed E-state index contributed by atoms with van der Waals surface area (Å²) in [7, 11) is 1.60. The van der Waals surface area contributed by atoms with E-state index in [9.17, 15) is 4.79 Å². The average Bonchev–Trinajstić information content (AvgIpc) is 2.53. The molecule has 0 radical (unpaired) electrons. The van der Waals surface area contributed by atoms with Gasteiger partial charge in [-0.25, -0.2) is 4.79 Å². The first kappa shape index (κ1) is 14.1. The molecule has 0 spiro atoms. The molecule has 2 rings (SSSR count). The van der Waals surface area contributed by atoms with Crippen molar-refractivity contribution in [2.75, 3.05) is 7.11 Å². The van der Waals surface area contributed by atoms with Crippen LogP contribution < -0.4 is 4.74 Å². The number of para-hydroxylation sites is 1. The van der Waals surface area contributed by atoms with Crippen LogP contribution in [0.1, 0.15) is 28.4 Å². The number of ether oxygens (including phenoxy) is 2. The summed E-state index contributed by atoms with van der Waals surface area (Å²) in [5, 5.41) is 0. The van der Waals surface area contributed by atoms with E-state index in [4.69, 9.17) is 9.47 Å². The number of benzene rings is 2. The van der Waals surface area contributed by atoms with Gasteiger partial charge in [0.15, 0.2) is 0 Å². The van der Waals surface area contributed by atoms with Crippen LogP contribution in [0.25, 0.3) is 0 Å². The number of methoxy groups -OCH3 is 1. The van der Waals surface area contributed by atoms with E-state index in [-0.39, 0.29) is 12.6 Å². The van der Waals surface area contributed by atoms with Crippen molar-refractivity contribution >= 4 is 5.97 Å². The van der Waals surface area contributed by atoms with Crippen molar-refractivity contribution in [3.05, 3.63) is 65.2 Å². The number of hydrogen-bond donors (Lipinski definition) is 0. The lowest BCUT2D eigenvalue weighted by molar-refractivity contribution is 0.0470. The van der Waals surface area contributed by atoms with Crippen molar-refractivity contribution in [3.8, 4) is 5.75 Å². The van der Waals surface area contributed by atoms with Crippen LogP contribution in [0.4, 0.5) is 0 Å². The minimum absolute atomic E-state index is 0.207. The lowest BCUT2D eigenvalue weighted by Gasteiger charge is -2.09. The standard InChI is InChI=1S/C17H18O3/c1-3-13-8-10-14(11-9-13)17(18)20-12-15-6-4-5-7-16(15)19-2/h4-11H,3,12H2,1-2H3. The molecule has 2 aromatic carbocycles. The van der Waals surface area contributed by atoms with Gasteiger partial charge in [0.05, 0.1) is 12.7 Å². The summed E-state index contributed by atoms with van der Waals surface area (Å²) in [6.07, 6.45) is 0.955. The molecular formula is C17H18O3. The Kier molecular flexibility index (Phi) is 4.77. The van der Waals surface area contributed by atoms with Gasteiger partial charge < -0.3 is 9.47 Å². The Morgan fingerprint density at radius 1 is 1.05 bits per heavy atom. The van der Waals surface area contributed by atoms with Crippen molar-refractivity contribution in [2.24, 2.45) is 0 Å². The van der Waals surface area contributed by atoms with E-state index >= 15 is 0 Å². The monoisotopic (exact) mass is 270 g/mol. The molecule has 0 aliphatic carbocycles. The summed E-state index contributed by atoms with van der Waals surface area (Å²) in [4.78, 5) is 12.0. The largest absolute Gasteiger partial charge is 0.496 e. The van der Waals surface area contributed by atoms with Crippen LogP contribution in [0.5, 0.6) is 5.75 Å². The lowest BCUT2D eigenvalue weighted by atomic mass is 10.1. The van der Waals surface area contributed by atoms with Gasteiger partial charge in [-0.15, -0.1) is 0 Å². The van der Waals surface area contributed by atoms with Crippen LogP contribution in [0, 0.1) is 0 Å². The van der Waals surface area contributed by atoms with Gasteiger partial charge in [-0.05, 0) is 30.2 Å². The fourth-order valence-electron chi connectivity index (χ4n) is 1.93. The zero-order valence-electron chi connectivity index (χ0n) is 11.8. The van der Waals surface area contributed by atoms with Gasteiger partial charge in [0.2, 0.25) is 0 Å². The quantitative estimate of drug-likeness (QED) is 0.778. The molecule has 0 saturated heterocycles. The molecule has 0 N–H and O–H groups in total. The minimum atomic E-state index is -0.321. The van der Waals surface area contributed by atoms with Crippen molar-refractivity contribution in [1.29, 1.82) is 0 Å². The average molecular weight is 270 g/mol. The Bertz CT molecular complexity index is 573. The Balaban J connectivity index is 2.01. The zero-order chi connectivity index (χ0) is 14.4. The molecule has 0 aromatic heterocycles. The van der Waals surface area contributed by atoms with Crippen molar-refractivity contribution < 1.29 is 14.3 Å². The number of aryl methyl sites for hydroxylation is 1. The summed E-state index contributed by atoms with van der Waals surface area (Å²) >= 11 is 0. The van der Waals surface area contributed by atoms with Gasteiger partial charge in [-0.2, -0.15) is 0 Å². The van der Waals surface area contributed by atoms with Crippen LogP contribution >= 0.6 is 0 Å². The molecule has 0 amide bonds. The summed E-state index contributed by atoms with van der Waals surface area (Å²) in [5.74, 6) is 0.403. The van der Waals surface area contributed by atoms with E-state index in [1.807, 2.05) is 36.4 Å². The molecule has 20 heavy (non-hydrogen) atoms. The third kappa shape index (κ3) is 3.38. The fraction of sp³-hybridized carbons (Fsp3) is 0.235. The Labute approximate surface area is 119 Å². The van der Waals surface area contributed by atoms with Gasteiger partial charge in [0, 0.05) is 5.56 Å². The molecule has 0 atom stereocenters. The van der Waals surface area contributed by atoms with Crippen LogP contribution in [0.3, 0.4) is 0 Å². The molecule has 3 heteroatoms. The molecule has 0 heterocycles. The van der Waals surface area contributed by atoms with Crippen molar-refractivity contribution in [1.82, 2.24) is 0 Å². The molecule has 0 aliphatic heterocycles. The molecule has 0 unspecified atom stereocenters. The first-order valence-corrected chi connectivity index (χ1v) is 6.62. The van der Waals surface area contributed by atoms with Crippen molar-refractivity contribution in [2.45, 2.75) is 20.0 Å². The highest BCUT2D eigenvalue weighted by molar-refractivity contribution is 5.89. The van der Waals surface area contributed by atoms with Crippen LogP contribution in [-0.4, -0.2) is 13.1 Å². The topological polar surface area (TPSA) is 35.5 Å². The molecule has 0 fully saturated rings.